The number of rotatable bonds is 3. The molecule has 0 radical (unpaired) electrons. The molecule has 0 spiro atoms. The van der Waals surface area contributed by atoms with Crippen molar-refractivity contribution in [2.45, 2.75) is 0 Å². The van der Waals surface area contributed by atoms with Crippen LogP contribution in [0.3, 0.4) is 0 Å². The Kier molecular flexibility index (Phi) is 6.35. The van der Waals surface area contributed by atoms with Gasteiger partial charge in [-0.2, -0.15) is 8.78 Å². The van der Waals surface area contributed by atoms with Gasteiger partial charge >= 0.3 is 0 Å². The molecule has 0 heterocycles. The second-order valence-electron chi connectivity index (χ2n) is 8.33. The van der Waals surface area contributed by atoms with E-state index in [1.165, 1.54) is 0 Å². The summed E-state index contributed by atoms with van der Waals surface area (Å²) in [5.74, 6) is -27.5. The van der Waals surface area contributed by atoms with Crippen LogP contribution < -0.4 is 4.74 Å². The zero-order chi connectivity index (χ0) is 29.4. The molecule has 0 atom stereocenters. The first kappa shape index (κ1) is 27.2. The van der Waals surface area contributed by atoms with Gasteiger partial charge in [0, 0.05) is 16.5 Å². The Morgan fingerprint density at radius 2 is 0.850 bits per heavy atom. The van der Waals surface area contributed by atoms with Gasteiger partial charge in [0.1, 0.15) is 5.82 Å². The quantitative estimate of drug-likeness (QED) is 0.0902. The smallest absolute Gasteiger partial charge is 0.204 e. The molecule has 5 rings (SSSR count). The molecule has 0 fully saturated rings. The van der Waals surface area contributed by atoms with E-state index in [9.17, 15) is 39.5 Å². The van der Waals surface area contributed by atoms with E-state index in [4.69, 9.17) is 0 Å². The van der Waals surface area contributed by atoms with E-state index < -0.39 is 119 Å². The number of benzene rings is 5. The zero-order valence-corrected chi connectivity index (χ0v) is 19.3. The van der Waals surface area contributed by atoms with Gasteiger partial charge in [0.05, 0.1) is 18.2 Å². The Morgan fingerprint density at radius 1 is 0.425 bits per heavy atom. The molecule has 0 bridgehead atoms. The van der Waals surface area contributed by atoms with Gasteiger partial charge in [-0.05, 0) is 34.4 Å². The largest absolute Gasteiger partial charge is 0.491 e. The summed E-state index contributed by atoms with van der Waals surface area (Å²) in [5.41, 5.74) is -5.64. The molecule has 1 nitrogen and oxygen atoms in total. The van der Waals surface area contributed by atoms with E-state index in [-0.39, 0.29) is 12.1 Å². The van der Waals surface area contributed by atoms with Crippen molar-refractivity contribution in [3.8, 4) is 28.0 Å². The molecule has 0 aliphatic heterocycles. The molecule has 5 aromatic carbocycles. The summed E-state index contributed by atoms with van der Waals surface area (Å²) in [4.78, 5) is 0. The van der Waals surface area contributed by atoms with Crippen molar-refractivity contribution < 1.29 is 57.4 Å². The maximum atomic E-state index is 15.3. The average molecular weight is 576 g/mol. The number of halogens is 12. The van der Waals surface area contributed by atoms with Crippen LogP contribution in [0.2, 0.25) is 0 Å². The monoisotopic (exact) mass is 576 g/mol. The lowest BCUT2D eigenvalue weighted by molar-refractivity contribution is 0.334. The van der Waals surface area contributed by atoms with E-state index in [1.807, 2.05) is 0 Å². The van der Waals surface area contributed by atoms with Crippen molar-refractivity contribution in [3.63, 3.8) is 0 Å². The molecule has 5 aromatic rings. The summed E-state index contributed by atoms with van der Waals surface area (Å²) in [6.45, 7) is 0. The standard InChI is InChI=1S/C27H8F12O/c1-40-27-25(38)20(33)17(21(34)26(27)39)15-9-6-12(30)11(29)5-8(9)13(7-3-2-4-10(28)14(7)15)16-18(31)22(35)24(37)23(36)19(16)32/h2-6H,1H3. The Balaban J connectivity index is 2.15. The molecule has 0 unspecified atom stereocenters. The van der Waals surface area contributed by atoms with Crippen LogP contribution in [0.25, 0.3) is 43.8 Å². The summed E-state index contributed by atoms with van der Waals surface area (Å²) in [6.07, 6.45) is 0. The number of methoxy groups -OCH3 is 1. The predicted octanol–water partition coefficient (Wildman–Crippen LogP) is 9.00. The first-order chi connectivity index (χ1) is 18.8. The van der Waals surface area contributed by atoms with E-state index in [0.29, 0.717) is 13.2 Å². The van der Waals surface area contributed by atoms with Gasteiger partial charge in [-0.15, -0.1) is 0 Å². The van der Waals surface area contributed by atoms with Crippen LogP contribution >= 0.6 is 0 Å². The minimum Gasteiger partial charge on any atom is -0.491 e. The second kappa shape index (κ2) is 9.35. The SMILES string of the molecule is COc1c(F)c(F)c(-c2c3cc(F)c(F)cc3c(-c3c(F)c(F)c(F)c(F)c3F)c3cccc(F)c23)c(F)c1F. The topological polar surface area (TPSA) is 9.23 Å². The van der Waals surface area contributed by atoms with Crippen LogP contribution in [0.5, 0.6) is 5.75 Å². The lowest BCUT2D eigenvalue weighted by atomic mass is 9.84. The third-order valence-electron chi connectivity index (χ3n) is 6.27. The molecule has 0 saturated carbocycles. The molecule has 40 heavy (non-hydrogen) atoms. The Labute approximate surface area is 214 Å². The highest BCUT2D eigenvalue weighted by molar-refractivity contribution is 6.21. The molecule has 13 heteroatoms. The molecular formula is C27H8F12O. The molecule has 206 valence electrons. The number of ether oxygens (including phenoxy) is 1. The van der Waals surface area contributed by atoms with Gasteiger partial charge in [-0.25, -0.2) is 43.9 Å². The van der Waals surface area contributed by atoms with Crippen molar-refractivity contribution in [2.75, 3.05) is 7.11 Å². The van der Waals surface area contributed by atoms with Crippen molar-refractivity contribution in [1.82, 2.24) is 0 Å². The maximum Gasteiger partial charge on any atom is 0.204 e. The molecule has 0 N–H and O–H groups in total. The van der Waals surface area contributed by atoms with E-state index in [1.54, 1.807) is 0 Å². The summed E-state index contributed by atoms with van der Waals surface area (Å²) in [7, 11) is 0.668. The normalized spacial score (nSPS) is 11.6. The van der Waals surface area contributed by atoms with Crippen LogP contribution in [0.1, 0.15) is 0 Å². The predicted molar refractivity (Wildman–Crippen MR) is 118 cm³/mol. The second-order valence-corrected chi connectivity index (χ2v) is 8.33. The van der Waals surface area contributed by atoms with Gasteiger partial charge < -0.3 is 4.74 Å². The minimum atomic E-state index is -2.57. The lowest BCUT2D eigenvalue weighted by Crippen LogP contribution is -2.07. The van der Waals surface area contributed by atoms with Crippen molar-refractivity contribution >= 4 is 21.5 Å². The highest BCUT2D eigenvalue weighted by Crippen LogP contribution is 2.49. The summed E-state index contributed by atoms with van der Waals surface area (Å²) >= 11 is 0. The van der Waals surface area contributed by atoms with Crippen LogP contribution in [-0.2, 0) is 0 Å². The van der Waals surface area contributed by atoms with Crippen LogP contribution in [0, 0.1) is 69.8 Å². The van der Waals surface area contributed by atoms with Gasteiger partial charge in [0.15, 0.2) is 52.3 Å². The zero-order valence-electron chi connectivity index (χ0n) is 19.3. The van der Waals surface area contributed by atoms with Crippen LogP contribution in [0.4, 0.5) is 52.7 Å². The molecule has 0 aliphatic carbocycles. The molecule has 0 aromatic heterocycles. The third kappa shape index (κ3) is 3.59. The average Bonchev–Trinajstić information content (AvgIpc) is 2.92. The van der Waals surface area contributed by atoms with Gasteiger partial charge in [-0.1, -0.05) is 12.1 Å². The van der Waals surface area contributed by atoms with Crippen LogP contribution in [0.15, 0.2) is 30.3 Å². The van der Waals surface area contributed by atoms with Crippen molar-refractivity contribution in [1.29, 1.82) is 0 Å². The number of hydrogen-bond donors (Lipinski definition) is 0. The first-order valence-corrected chi connectivity index (χ1v) is 10.8. The summed E-state index contributed by atoms with van der Waals surface area (Å²) in [6, 6.07) is 2.59. The van der Waals surface area contributed by atoms with E-state index in [0.717, 1.165) is 12.1 Å². The minimum absolute atomic E-state index is 0.153. The fraction of sp³-hybridized carbons (Fsp3) is 0.0370. The van der Waals surface area contributed by atoms with Crippen molar-refractivity contribution in [3.05, 3.63) is 100 Å². The van der Waals surface area contributed by atoms with Gasteiger partial charge in [-0.3, -0.25) is 0 Å². The van der Waals surface area contributed by atoms with Crippen molar-refractivity contribution in [2.24, 2.45) is 0 Å². The summed E-state index contributed by atoms with van der Waals surface area (Å²) in [5, 5.41) is -3.88. The number of hydrogen-bond acceptors (Lipinski definition) is 1. The first-order valence-electron chi connectivity index (χ1n) is 10.8. The fourth-order valence-corrected chi connectivity index (χ4v) is 4.59. The number of fused-ring (bicyclic) bond motifs is 2. The third-order valence-corrected chi connectivity index (χ3v) is 6.27. The van der Waals surface area contributed by atoms with E-state index >= 15 is 13.2 Å². The Morgan fingerprint density at radius 3 is 1.35 bits per heavy atom. The Bertz CT molecular complexity index is 1860. The summed E-state index contributed by atoms with van der Waals surface area (Å²) < 4.78 is 180. The van der Waals surface area contributed by atoms with Crippen LogP contribution in [-0.4, -0.2) is 7.11 Å². The highest BCUT2D eigenvalue weighted by Gasteiger charge is 2.34. The van der Waals surface area contributed by atoms with Gasteiger partial charge in [0.25, 0.3) is 0 Å². The molecule has 0 saturated heterocycles. The molecule has 0 aliphatic rings. The van der Waals surface area contributed by atoms with E-state index in [2.05, 4.69) is 4.74 Å². The molecular weight excluding hydrogens is 568 g/mol. The molecule has 0 amide bonds. The Hall–Kier alpha value is -4.42. The highest BCUT2D eigenvalue weighted by atomic mass is 19.2. The van der Waals surface area contributed by atoms with Gasteiger partial charge in [0.2, 0.25) is 17.5 Å². The lowest BCUT2D eigenvalue weighted by Gasteiger charge is -2.20. The fourth-order valence-electron chi connectivity index (χ4n) is 4.59. The maximum absolute atomic E-state index is 15.3.